The van der Waals surface area contributed by atoms with Gasteiger partial charge in [0.05, 0.1) is 11.4 Å². The minimum atomic E-state index is -0.993. The predicted molar refractivity (Wildman–Crippen MR) is 150 cm³/mol. The maximum Gasteiger partial charge on any atom is 0.247 e. The molecule has 0 saturated carbocycles. The SMILES string of the molecule is Cc1ccc(NC(=O)C(Cc2ccccc2)N2CC(=O)N(c3cc(Cl)ccc3N(C=N)N=N)C(C)C2=O)cc1. The van der Waals surface area contributed by atoms with Crippen LogP contribution in [0, 0.1) is 17.9 Å². The second-order valence-corrected chi connectivity index (χ2v) is 9.61. The highest BCUT2D eigenvalue weighted by molar-refractivity contribution is 6.31. The Morgan fingerprint density at radius 1 is 1.15 bits per heavy atom. The van der Waals surface area contributed by atoms with Gasteiger partial charge in [-0.1, -0.05) is 64.9 Å². The minimum Gasteiger partial charge on any atom is -0.324 e. The zero-order valence-electron chi connectivity index (χ0n) is 21.5. The van der Waals surface area contributed by atoms with Crippen LogP contribution in [0.15, 0.2) is 78.0 Å². The van der Waals surface area contributed by atoms with Crippen molar-refractivity contribution in [1.29, 1.82) is 10.9 Å². The van der Waals surface area contributed by atoms with Gasteiger partial charge in [-0.05, 0) is 49.7 Å². The first kappa shape index (κ1) is 27.5. The molecule has 2 unspecified atom stereocenters. The summed E-state index contributed by atoms with van der Waals surface area (Å²) >= 11 is 6.22. The lowest BCUT2D eigenvalue weighted by Crippen LogP contribution is -2.63. The van der Waals surface area contributed by atoms with Crippen molar-refractivity contribution < 1.29 is 14.4 Å². The molecule has 4 rings (SSSR count). The van der Waals surface area contributed by atoms with Crippen LogP contribution in [0.25, 0.3) is 0 Å². The van der Waals surface area contributed by atoms with Crippen molar-refractivity contribution in [3.63, 3.8) is 0 Å². The summed E-state index contributed by atoms with van der Waals surface area (Å²) < 4.78 is 0. The van der Waals surface area contributed by atoms with Gasteiger partial charge in [0.15, 0.2) is 0 Å². The fraction of sp³-hybridized carbons (Fsp3) is 0.214. The van der Waals surface area contributed by atoms with Crippen LogP contribution in [0.2, 0.25) is 5.02 Å². The Kier molecular flexibility index (Phi) is 8.36. The van der Waals surface area contributed by atoms with Crippen molar-refractivity contribution in [2.45, 2.75) is 32.4 Å². The zero-order valence-corrected chi connectivity index (χ0v) is 22.2. The molecule has 10 nitrogen and oxygen atoms in total. The first-order valence-corrected chi connectivity index (χ1v) is 12.6. The molecule has 200 valence electrons. The van der Waals surface area contributed by atoms with Gasteiger partial charge in [0.25, 0.3) is 0 Å². The number of carbonyl (C=O) groups is 3. The Balaban J connectivity index is 1.68. The number of carbonyl (C=O) groups excluding carboxylic acids is 3. The molecule has 39 heavy (non-hydrogen) atoms. The molecule has 0 aliphatic carbocycles. The van der Waals surface area contributed by atoms with Crippen LogP contribution in [0.3, 0.4) is 0 Å². The molecule has 3 aromatic carbocycles. The van der Waals surface area contributed by atoms with Gasteiger partial charge in [0, 0.05) is 17.1 Å². The lowest BCUT2D eigenvalue weighted by atomic mass is 10.0. The van der Waals surface area contributed by atoms with Gasteiger partial charge in [-0.3, -0.25) is 24.7 Å². The molecule has 1 heterocycles. The predicted octanol–water partition coefficient (Wildman–Crippen LogP) is 4.82. The van der Waals surface area contributed by atoms with Crippen molar-refractivity contribution in [3.8, 4) is 0 Å². The molecule has 3 aromatic rings. The zero-order chi connectivity index (χ0) is 28.1. The number of nitrogens with zero attached hydrogens (tertiary/aromatic N) is 4. The van der Waals surface area contributed by atoms with Crippen molar-refractivity contribution in [2.75, 3.05) is 21.8 Å². The number of rotatable bonds is 9. The third-order valence-electron chi connectivity index (χ3n) is 6.55. The van der Waals surface area contributed by atoms with Crippen LogP contribution in [0.4, 0.5) is 17.1 Å². The van der Waals surface area contributed by atoms with Gasteiger partial charge in [-0.25, -0.2) is 5.01 Å². The molecule has 3 N–H and O–H groups in total. The highest BCUT2D eigenvalue weighted by atomic mass is 35.5. The Labute approximate surface area is 231 Å². The largest absolute Gasteiger partial charge is 0.324 e. The Morgan fingerprint density at radius 2 is 1.85 bits per heavy atom. The number of nitrogens with one attached hydrogen (secondary N) is 3. The van der Waals surface area contributed by atoms with Crippen LogP contribution in [0.5, 0.6) is 0 Å². The second kappa shape index (κ2) is 11.9. The van der Waals surface area contributed by atoms with E-state index in [1.807, 2.05) is 49.4 Å². The van der Waals surface area contributed by atoms with E-state index in [2.05, 4.69) is 10.5 Å². The first-order valence-electron chi connectivity index (χ1n) is 12.2. The number of aryl methyl sites for hydroxylation is 1. The molecule has 0 aromatic heterocycles. The van der Waals surface area contributed by atoms with E-state index in [-0.39, 0.29) is 24.3 Å². The summed E-state index contributed by atoms with van der Waals surface area (Å²) in [6.45, 7) is 3.16. The molecule has 1 aliphatic heterocycles. The third kappa shape index (κ3) is 5.96. The summed E-state index contributed by atoms with van der Waals surface area (Å²) in [5.41, 5.74) is 10.3. The number of amides is 3. The molecular formula is C28H28ClN7O3. The van der Waals surface area contributed by atoms with Crippen molar-refractivity contribution in [1.82, 2.24) is 4.90 Å². The third-order valence-corrected chi connectivity index (χ3v) is 6.78. The number of hydrogen-bond donors (Lipinski definition) is 3. The molecular weight excluding hydrogens is 518 g/mol. The van der Waals surface area contributed by atoms with Crippen LogP contribution in [0.1, 0.15) is 18.1 Å². The highest BCUT2D eigenvalue weighted by Gasteiger charge is 2.43. The number of anilines is 3. The number of halogens is 1. The maximum absolute atomic E-state index is 13.8. The standard InChI is InChI=1S/C28H28ClN7O3/c1-18-8-11-22(12-9-18)32-27(38)25(14-20-6-4-3-5-7-20)34-16-26(37)36(19(2)28(34)39)24-15-21(29)10-13-23(24)35(17-30)33-31/h3-13,15,17,19,25,30-31H,14,16H2,1-2H3,(H,32,38). The molecule has 0 spiro atoms. The van der Waals surface area contributed by atoms with Gasteiger partial charge in [-0.2, -0.15) is 5.53 Å². The summed E-state index contributed by atoms with van der Waals surface area (Å²) in [6, 6.07) is 19.2. The van der Waals surface area contributed by atoms with Gasteiger partial charge in [0.1, 0.15) is 25.0 Å². The van der Waals surface area contributed by atoms with Crippen molar-refractivity contribution in [3.05, 3.63) is 88.9 Å². The summed E-state index contributed by atoms with van der Waals surface area (Å²) in [7, 11) is 0. The first-order chi connectivity index (χ1) is 18.7. The van der Waals surface area contributed by atoms with E-state index < -0.39 is 29.8 Å². The number of piperazine rings is 1. The van der Waals surface area contributed by atoms with E-state index >= 15 is 0 Å². The topological polar surface area (TPSA) is 133 Å². The van der Waals surface area contributed by atoms with Gasteiger partial charge >= 0.3 is 0 Å². The monoisotopic (exact) mass is 545 g/mol. The molecule has 0 bridgehead atoms. The summed E-state index contributed by atoms with van der Waals surface area (Å²) in [5, 5.41) is 15.0. The molecule has 3 amide bonds. The lowest BCUT2D eigenvalue weighted by molar-refractivity contribution is -0.146. The summed E-state index contributed by atoms with van der Waals surface area (Å²) in [6.07, 6.45) is 1.03. The van der Waals surface area contributed by atoms with E-state index in [1.54, 1.807) is 25.1 Å². The van der Waals surface area contributed by atoms with Crippen LogP contribution in [-0.4, -0.2) is 47.6 Å². The van der Waals surface area contributed by atoms with E-state index in [0.717, 1.165) is 22.5 Å². The highest BCUT2D eigenvalue weighted by Crippen LogP contribution is 2.35. The van der Waals surface area contributed by atoms with Gasteiger partial charge < -0.3 is 10.2 Å². The Morgan fingerprint density at radius 3 is 2.49 bits per heavy atom. The van der Waals surface area contributed by atoms with Crippen LogP contribution >= 0.6 is 11.6 Å². The Bertz CT molecular complexity index is 1390. The minimum absolute atomic E-state index is 0.214. The fourth-order valence-corrected chi connectivity index (χ4v) is 4.72. The normalized spacial score (nSPS) is 16.0. The average Bonchev–Trinajstić information content (AvgIpc) is 2.93. The molecule has 1 fully saturated rings. The van der Waals surface area contributed by atoms with Crippen molar-refractivity contribution >= 4 is 52.7 Å². The van der Waals surface area contributed by atoms with E-state index in [4.69, 9.17) is 22.5 Å². The van der Waals surface area contributed by atoms with Gasteiger partial charge in [0.2, 0.25) is 17.7 Å². The van der Waals surface area contributed by atoms with E-state index in [0.29, 0.717) is 10.7 Å². The van der Waals surface area contributed by atoms with Crippen LogP contribution < -0.4 is 15.2 Å². The quantitative estimate of drug-likeness (QED) is 0.154. The van der Waals surface area contributed by atoms with Gasteiger partial charge in [-0.15, -0.1) is 0 Å². The molecule has 1 aliphatic rings. The van der Waals surface area contributed by atoms with Crippen molar-refractivity contribution in [2.24, 2.45) is 5.22 Å². The Hall–Kier alpha value is -4.57. The van der Waals surface area contributed by atoms with E-state index in [1.165, 1.54) is 21.9 Å². The molecule has 0 radical (unpaired) electrons. The summed E-state index contributed by atoms with van der Waals surface area (Å²) in [5.74, 6) is -1.28. The molecule has 11 heteroatoms. The van der Waals surface area contributed by atoms with Crippen LogP contribution in [-0.2, 0) is 20.8 Å². The molecule has 2 atom stereocenters. The maximum atomic E-state index is 13.8. The lowest BCUT2D eigenvalue weighted by Gasteiger charge is -2.42. The smallest absolute Gasteiger partial charge is 0.247 e. The van der Waals surface area contributed by atoms with E-state index in [9.17, 15) is 14.4 Å². The second-order valence-electron chi connectivity index (χ2n) is 9.17. The number of hydrogen-bond acceptors (Lipinski definition) is 6. The fourth-order valence-electron chi connectivity index (χ4n) is 4.55. The number of benzene rings is 3. The average molecular weight is 546 g/mol. The summed E-state index contributed by atoms with van der Waals surface area (Å²) in [4.78, 5) is 43.6. The molecule has 1 saturated heterocycles.